The lowest BCUT2D eigenvalue weighted by Gasteiger charge is -2.42. The largest absolute Gasteiger partial charge is 0.472 e. The summed E-state index contributed by atoms with van der Waals surface area (Å²) in [5.74, 6) is -1.64. The van der Waals surface area contributed by atoms with E-state index in [1.807, 2.05) is 0 Å². The van der Waals surface area contributed by atoms with Crippen LogP contribution in [0.1, 0.15) is 135 Å². The third kappa shape index (κ3) is 35.4. The zero-order valence-corrected chi connectivity index (χ0v) is 70.4. The third-order valence-electron chi connectivity index (χ3n) is 19.1. The van der Waals surface area contributed by atoms with Crippen LogP contribution in [-0.2, 0) is 120 Å². The Morgan fingerprint density at radius 2 is 0.862 bits per heavy atom. The Kier molecular flexibility index (Phi) is 45.9. The molecule has 4 saturated heterocycles. The fraction of sp³-hybridized carbons (Fsp3) is 0.909. The molecule has 0 aliphatic carbocycles. The predicted octanol–water partition coefficient (Wildman–Crippen LogP) is 2.12. The summed E-state index contributed by atoms with van der Waals surface area (Å²) in [6.07, 6.45) is -9.14. The molecule has 6 heterocycles. The number of phosphoric acid groups is 5. The number of nitrogens with zero attached hydrogens (tertiary/aromatic N) is 4. The molecule has 0 saturated carbocycles. The van der Waals surface area contributed by atoms with Gasteiger partial charge in [0.15, 0.2) is 24.5 Å². The maximum atomic E-state index is 14.1. The van der Waals surface area contributed by atoms with Crippen LogP contribution in [-0.4, -0.2) is 327 Å². The van der Waals surface area contributed by atoms with E-state index in [-0.39, 0.29) is 98.4 Å². The molecule has 50 heteroatoms. The highest BCUT2D eigenvalue weighted by Crippen LogP contribution is 2.51. The minimum absolute atomic E-state index is 0.0397. The molecular formula is C66H122N5O40P5. The lowest BCUT2D eigenvalue weighted by atomic mass is 9.92. The Bertz CT molecular complexity index is 3280. The summed E-state index contributed by atoms with van der Waals surface area (Å²) < 4.78 is 178. The molecule has 2 aromatic rings. The second-order valence-electron chi connectivity index (χ2n) is 28.5. The zero-order valence-electron chi connectivity index (χ0n) is 65.9. The van der Waals surface area contributed by atoms with Gasteiger partial charge in [0.05, 0.1) is 122 Å². The lowest BCUT2D eigenvalue weighted by Crippen LogP contribution is -2.64. The van der Waals surface area contributed by atoms with Crippen LogP contribution in [0.25, 0.3) is 11.2 Å². The number of aryl methyl sites for hydroxylation is 1. The van der Waals surface area contributed by atoms with E-state index in [1.54, 1.807) is 20.8 Å². The van der Waals surface area contributed by atoms with Crippen LogP contribution in [0.2, 0.25) is 0 Å². The highest BCUT2D eigenvalue weighted by atomic mass is 31.2. The SMILES string of the molecule is COP(=O)(O)OC1C[C@H](n2cnc3c(C)ncnc32)O[C@@H]1COP(=O)(O)OCC(COCCCOP(=O)(O)OCCCCCCO[C@@H]1OC(CO)[C@H](O)[C@H](O)C1C)(COCCCOP(=O)(O)OCCCCCCO[C@@H]1OC(CO)[C@H](O)[C@H](O)C1C)COCCCOP(=O)(O)OCCCCCCO[C@@H]1OC(CO)[C@H](O)[C@H](O)C1NC(C)=O. The molecule has 2 aromatic heterocycles. The molecule has 15 N–H and O–H groups in total. The first kappa shape index (κ1) is 103. The number of hydrogen-bond acceptors (Lipinski definition) is 38. The van der Waals surface area contributed by atoms with Crippen LogP contribution in [0.3, 0.4) is 0 Å². The lowest BCUT2D eigenvalue weighted by molar-refractivity contribution is -0.282. The molecule has 4 fully saturated rings. The molecule has 6 rings (SSSR count). The number of hydrogen-bond donors (Lipinski definition) is 15. The van der Waals surface area contributed by atoms with Crippen LogP contribution < -0.4 is 5.32 Å². The number of fused-ring (bicyclic) bond motifs is 1. The van der Waals surface area contributed by atoms with Gasteiger partial charge in [0.25, 0.3) is 0 Å². The summed E-state index contributed by atoms with van der Waals surface area (Å²) in [6.45, 7) is -0.0304. The maximum absolute atomic E-state index is 14.1. The number of rotatable bonds is 62. The van der Waals surface area contributed by atoms with Crippen molar-refractivity contribution in [1.82, 2.24) is 24.8 Å². The normalized spacial score (nSPS) is 29.8. The summed E-state index contributed by atoms with van der Waals surface area (Å²) in [5.41, 5.74) is -0.342. The number of carbonyl (C=O) groups excluding carboxylic acids is 1. The van der Waals surface area contributed by atoms with Gasteiger partial charge < -0.3 is 123 Å². The van der Waals surface area contributed by atoms with E-state index < -0.39 is 220 Å². The van der Waals surface area contributed by atoms with Gasteiger partial charge in [-0.3, -0.25) is 54.6 Å². The van der Waals surface area contributed by atoms with Crippen molar-refractivity contribution in [2.45, 2.75) is 229 Å². The van der Waals surface area contributed by atoms with E-state index in [0.717, 1.165) is 7.11 Å². The number of aliphatic hydroxyl groups is 9. The van der Waals surface area contributed by atoms with Gasteiger partial charge in [0, 0.05) is 71.9 Å². The number of phosphoric ester groups is 5. The number of ether oxygens (including phenoxy) is 10. The van der Waals surface area contributed by atoms with Crippen molar-refractivity contribution in [3.8, 4) is 0 Å². The van der Waals surface area contributed by atoms with Crippen molar-refractivity contribution in [1.29, 1.82) is 0 Å². The van der Waals surface area contributed by atoms with E-state index in [9.17, 15) is 98.0 Å². The smallest absolute Gasteiger partial charge is 0.394 e. The van der Waals surface area contributed by atoms with Crippen molar-refractivity contribution < 1.29 is 191 Å². The third-order valence-corrected chi connectivity index (χ3v) is 24.1. The average Bonchev–Trinajstić information content (AvgIpc) is 1.59. The van der Waals surface area contributed by atoms with E-state index in [0.29, 0.717) is 93.9 Å². The second-order valence-corrected chi connectivity index (χ2v) is 35.9. The summed E-state index contributed by atoms with van der Waals surface area (Å²) in [6, 6.07) is -1.12. The molecule has 676 valence electrons. The number of nitrogens with one attached hydrogen (secondary N) is 1. The molecule has 116 heavy (non-hydrogen) atoms. The Morgan fingerprint density at radius 1 is 0.474 bits per heavy atom. The number of amides is 1. The Morgan fingerprint density at radius 3 is 1.28 bits per heavy atom. The predicted molar refractivity (Wildman–Crippen MR) is 398 cm³/mol. The van der Waals surface area contributed by atoms with Gasteiger partial charge in [0.2, 0.25) is 5.91 Å². The summed E-state index contributed by atoms with van der Waals surface area (Å²) in [4.78, 5) is 77.9. The van der Waals surface area contributed by atoms with Crippen molar-refractivity contribution in [2.24, 2.45) is 17.3 Å². The topological polar surface area (TPSA) is 626 Å². The highest BCUT2D eigenvalue weighted by molar-refractivity contribution is 7.48. The van der Waals surface area contributed by atoms with Crippen LogP contribution in [0, 0.1) is 24.2 Å². The molecule has 4 aliphatic rings. The van der Waals surface area contributed by atoms with Crippen molar-refractivity contribution >= 4 is 56.2 Å². The van der Waals surface area contributed by atoms with Crippen LogP contribution in [0.15, 0.2) is 12.7 Å². The fourth-order valence-corrected chi connectivity index (χ4v) is 16.3. The molecule has 0 spiro atoms. The second kappa shape index (κ2) is 51.9. The minimum atomic E-state index is -5.25. The number of aromatic nitrogens is 4. The Hall–Kier alpha value is -2.19. The van der Waals surface area contributed by atoms with Gasteiger partial charge in [0.1, 0.15) is 79.0 Å². The molecule has 12 unspecified atom stereocenters. The number of aliphatic hydroxyl groups excluding tert-OH is 9. The zero-order chi connectivity index (χ0) is 85.1. The van der Waals surface area contributed by atoms with Crippen LogP contribution in [0.4, 0.5) is 0 Å². The maximum Gasteiger partial charge on any atom is 0.472 e. The molecule has 0 radical (unpaired) electrons. The first-order chi connectivity index (χ1) is 55.1. The number of carbonyl (C=O) groups is 1. The summed E-state index contributed by atoms with van der Waals surface area (Å²) >= 11 is 0. The molecule has 45 nitrogen and oxygen atoms in total. The number of imidazole rings is 1. The van der Waals surface area contributed by atoms with Gasteiger partial charge in [-0.1, -0.05) is 52.4 Å². The molecule has 1 amide bonds. The Labute approximate surface area is 672 Å². The Balaban J connectivity index is 1.05. The highest BCUT2D eigenvalue weighted by Gasteiger charge is 2.48. The molecule has 0 aromatic carbocycles. The number of unbranched alkanes of at least 4 members (excludes halogenated alkanes) is 9. The first-order valence-corrected chi connectivity index (χ1v) is 46.1. The molecule has 4 aliphatic heterocycles. The van der Waals surface area contributed by atoms with Crippen molar-refractivity contribution in [2.75, 3.05) is 139 Å². The molecule has 23 atom stereocenters. The fourth-order valence-electron chi connectivity index (χ4n) is 12.4. The summed E-state index contributed by atoms with van der Waals surface area (Å²) in [7, 11) is -22.9. The standard InChI is InChI=1S/C66H122N5O40P5/c1-44-56(76)58(78)49(34-72)108-63(44)96-24-12-6-9-15-27-99-113(84,85)102-30-18-21-93-38-66(39-94-22-19-31-103-114(86,87)100-28-16-10-7-13-25-97-64-45(2)57(77)59(79)50(35-73)109-64,41-106-116(90,91)105-37-52-48(111-112(82,83)92-5)33-53(107-52)71-43-69-54-46(3)67-42-68-62(54)71)40-95-23-20-32-104-115(88,89)101-29-17-11-8-14-26-98-65-55(70-47(4)75)61(81)60(80)51(36-74)110-65/h42-45,48-53,55-61,63-65,72-74,76-81H,6-41H2,1-5H3,(H,70,75)(H,82,83)(H,84,85)(H,86,87)(H,88,89)(H,90,91)/t44?,45?,48?,49?,50?,51?,52-,53-,55?,56-,57-,58+,59+,60+,61-,63-,64-,65-,66?/m1/s1. The molecule has 0 bridgehead atoms. The average molecular weight is 1780 g/mol. The van der Waals surface area contributed by atoms with Gasteiger partial charge in [-0.15, -0.1) is 0 Å². The van der Waals surface area contributed by atoms with E-state index in [2.05, 4.69) is 24.8 Å². The van der Waals surface area contributed by atoms with Crippen molar-refractivity contribution in [3.05, 3.63) is 18.3 Å². The van der Waals surface area contributed by atoms with Crippen LogP contribution in [0.5, 0.6) is 0 Å². The van der Waals surface area contributed by atoms with Gasteiger partial charge in [-0.05, 0) is 64.7 Å². The molecular weight excluding hydrogens is 1660 g/mol. The van der Waals surface area contributed by atoms with Gasteiger partial charge in [-0.25, -0.2) is 37.8 Å². The van der Waals surface area contributed by atoms with E-state index >= 15 is 0 Å². The first-order valence-electron chi connectivity index (χ1n) is 38.7. The van der Waals surface area contributed by atoms with Crippen LogP contribution >= 0.6 is 39.1 Å². The summed E-state index contributed by atoms with van der Waals surface area (Å²) in [5, 5.41) is 92.8. The minimum Gasteiger partial charge on any atom is -0.394 e. The van der Waals surface area contributed by atoms with Gasteiger partial charge >= 0.3 is 39.1 Å². The quantitative estimate of drug-likeness (QED) is 0.0333. The van der Waals surface area contributed by atoms with E-state index in [4.69, 9.17) is 88.1 Å². The van der Waals surface area contributed by atoms with E-state index in [1.165, 1.54) is 24.1 Å². The monoisotopic (exact) mass is 1780 g/mol. The van der Waals surface area contributed by atoms with Crippen molar-refractivity contribution in [3.63, 3.8) is 0 Å². The van der Waals surface area contributed by atoms with Gasteiger partial charge in [-0.2, -0.15) is 0 Å².